The molecule has 3 rings (SSSR count). The second-order valence-corrected chi connectivity index (χ2v) is 8.00. The Bertz CT molecular complexity index is 934. The number of benzene rings is 1. The lowest BCUT2D eigenvalue weighted by Crippen LogP contribution is -2.36. The van der Waals surface area contributed by atoms with Crippen LogP contribution in [-0.4, -0.2) is 51.9 Å². The number of methoxy groups -OCH3 is 2. The Morgan fingerprint density at radius 3 is 2.61 bits per heavy atom. The van der Waals surface area contributed by atoms with Gasteiger partial charge in [-0.2, -0.15) is 0 Å². The molecular formula is C17H15N3O5S3. The number of amides is 2. The highest BCUT2D eigenvalue weighted by Gasteiger charge is 2.33. The van der Waals surface area contributed by atoms with Crippen molar-refractivity contribution in [2.75, 3.05) is 26.1 Å². The Balaban J connectivity index is 1.78. The standard InChI is InChI=1S/C17H15N3O5S3/c1-24-10-5-9(6-11(25-2)14(10)22)7-12-15(23)20(17(26)28-12)8-13(21)19-16-18-3-4-27-16/h3-7,22H,8H2,1-2H3,(H,18,19,21)/b12-7-. The van der Waals surface area contributed by atoms with E-state index in [0.717, 1.165) is 11.8 Å². The molecular weight excluding hydrogens is 422 g/mol. The van der Waals surface area contributed by atoms with Gasteiger partial charge in [-0.15, -0.1) is 11.3 Å². The number of thioether (sulfide) groups is 1. The molecule has 0 spiro atoms. The van der Waals surface area contributed by atoms with E-state index in [4.69, 9.17) is 21.7 Å². The largest absolute Gasteiger partial charge is 0.502 e. The van der Waals surface area contributed by atoms with Crippen molar-refractivity contribution < 1.29 is 24.2 Å². The average Bonchev–Trinajstić information content (AvgIpc) is 3.26. The Hall–Kier alpha value is -2.63. The molecule has 0 radical (unpaired) electrons. The van der Waals surface area contributed by atoms with E-state index >= 15 is 0 Å². The van der Waals surface area contributed by atoms with E-state index in [1.807, 2.05) is 0 Å². The summed E-state index contributed by atoms with van der Waals surface area (Å²) < 4.78 is 10.5. The van der Waals surface area contributed by atoms with Gasteiger partial charge in [0.15, 0.2) is 16.6 Å². The molecule has 2 N–H and O–H groups in total. The first-order chi connectivity index (χ1) is 13.4. The molecule has 0 saturated carbocycles. The minimum absolute atomic E-state index is 0.131. The highest BCUT2D eigenvalue weighted by atomic mass is 32.2. The Morgan fingerprint density at radius 2 is 2.04 bits per heavy atom. The number of phenolic OH excluding ortho intramolecular Hbond substituents is 1. The van der Waals surface area contributed by atoms with Crippen molar-refractivity contribution in [3.63, 3.8) is 0 Å². The summed E-state index contributed by atoms with van der Waals surface area (Å²) in [5.41, 5.74) is 0.583. The van der Waals surface area contributed by atoms with Crippen molar-refractivity contribution >= 4 is 62.7 Å². The summed E-state index contributed by atoms with van der Waals surface area (Å²) in [6, 6.07) is 3.14. The molecule has 0 bridgehead atoms. The molecule has 2 amide bonds. The van der Waals surface area contributed by atoms with Gasteiger partial charge in [-0.3, -0.25) is 14.5 Å². The van der Waals surface area contributed by atoms with E-state index in [2.05, 4.69) is 10.3 Å². The number of ether oxygens (including phenoxy) is 2. The molecule has 28 heavy (non-hydrogen) atoms. The lowest BCUT2D eigenvalue weighted by atomic mass is 10.1. The molecule has 146 valence electrons. The van der Waals surface area contributed by atoms with Crippen LogP contribution in [0.25, 0.3) is 6.08 Å². The van der Waals surface area contributed by atoms with Gasteiger partial charge in [-0.05, 0) is 23.8 Å². The predicted molar refractivity (Wildman–Crippen MR) is 112 cm³/mol. The van der Waals surface area contributed by atoms with Crippen LogP contribution in [0.1, 0.15) is 5.56 Å². The van der Waals surface area contributed by atoms with Crippen LogP contribution in [0, 0.1) is 0 Å². The van der Waals surface area contributed by atoms with Gasteiger partial charge in [0.2, 0.25) is 11.7 Å². The van der Waals surface area contributed by atoms with Gasteiger partial charge < -0.3 is 19.9 Å². The number of phenols is 1. The fourth-order valence-electron chi connectivity index (χ4n) is 2.37. The molecule has 0 atom stereocenters. The number of carbonyl (C=O) groups is 2. The average molecular weight is 438 g/mol. The number of thiocarbonyl (C=S) groups is 1. The van der Waals surface area contributed by atoms with E-state index in [1.165, 1.54) is 30.5 Å². The maximum atomic E-state index is 12.7. The molecule has 1 aliphatic rings. The highest BCUT2D eigenvalue weighted by molar-refractivity contribution is 8.26. The fourth-order valence-corrected chi connectivity index (χ4v) is 4.17. The quantitative estimate of drug-likeness (QED) is 0.526. The number of aromatic hydroxyl groups is 1. The maximum Gasteiger partial charge on any atom is 0.266 e. The van der Waals surface area contributed by atoms with E-state index < -0.39 is 0 Å². The highest BCUT2D eigenvalue weighted by Crippen LogP contribution is 2.39. The van der Waals surface area contributed by atoms with Gasteiger partial charge in [0.05, 0.1) is 19.1 Å². The van der Waals surface area contributed by atoms with Crippen LogP contribution in [-0.2, 0) is 9.59 Å². The number of thiazole rings is 1. The van der Waals surface area contributed by atoms with Gasteiger partial charge in [0.25, 0.3) is 5.91 Å². The number of hydrogen-bond donors (Lipinski definition) is 2. The first-order valence-electron chi connectivity index (χ1n) is 7.82. The maximum absolute atomic E-state index is 12.7. The second-order valence-electron chi connectivity index (χ2n) is 5.43. The minimum atomic E-state index is -0.388. The topological polar surface area (TPSA) is 101 Å². The van der Waals surface area contributed by atoms with Crippen molar-refractivity contribution in [1.82, 2.24) is 9.88 Å². The summed E-state index contributed by atoms with van der Waals surface area (Å²) in [4.78, 5) is 30.4. The molecule has 2 aromatic rings. The van der Waals surface area contributed by atoms with Crippen LogP contribution in [0.4, 0.5) is 5.13 Å². The Labute approximate surface area is 174 Å². The summed E-state index contributed by atoms with van der Waals surface area (Å²) >= 11 is 7.61. The smallest absolute Gasteiger partial charge is 0.266 e. The number of aromatic nitrogens is 1. The van der Waals surface area contributed by atoms with Gasteiger partial charge >= 0.3 is 0 Å². The number of nitrogens with zero attached hydrogens (tertiary/aromatic N) is 2. The Morgan fingerprint density at radius 1 is 1.36 bits per heavy atom. The molecule has 1 aromatic carbocycles. The van der Waals surface area contributed by atoms with Crippen LogP contribution in [0.5, 0.6) is 17.2 Å². The van der Waals surface area contributed by atoms with Crippen molar-refractivity contribution in [1.29, 1.82) is 0 Å². The third kappa shape index (κ3) is 4.26. The summed E-state index contributed by atoms with van der Waals surface area (Å²) in [6.07, 6.45) is 3.17. The lowest BCUT2D eigenvalue weighted by molar-refractivity contribution is -0.126. The van der Waals surface area contributed by atoms with Crippen molar-refractivity contribution in [2.24, 2.45) is 0 Å². The van der Waals surface area contributed by atoms with Gasteiger partial charge in [0, 0.05) is 11.6 Å². The van der Waals surface area contributed by atoms with Crippen LogP contribution >= 0.6 is 35.3 Å². The van der Waals surface area contributed by atoms with E-state index in [9.17, 15) is 14.7 Å². The van der Waals surface area contributed by atoms with Gasteiger partial charge in [-0.25, -0.2) is 4.98 Å². The van der Waals surface area contributed by atoms with E-state index in [0.29, 0.717) is 15.6 Å². The third-order valence-corrected chi connectivity index (χ3v) is 5.72. The Kier molecular flexibility index (Phi) is 6.17. The monoisotopic (exact) mass is 437 g/mol. The molecule has 11 heteroatoms. The molecule has 2 heterocycles. The molecule has 8 nitrogen and oxygen atoms in total. The number of anilines is 1. The fraction of sp³-hybridized carbons (Fsp3) is 0.176. The molecule has 1 saturated heterocycles. The first kappa shape index (κ1) is 20.1. The van der Waals surface area contributed by atoms with Gasteiger partial charge in [-0.1, -0.05) is 24.0 Å². The molecule has 0 unspecified atom stereocenters. The summed E-state index contributed by atoms with van der Waals surface area (Å²) in [5.74, 6) is -0.475. The predicted octanol–water partition coefficient (Wildman–Crippen LogP) is 2.71. The molecule has 0 aliphatic carbocycles. The molecule has 1 fully saturated rings. The van der Waals surface area contributed by atoms with E-state index in [1.54, 1.807) is 29.8 Å². The third-order valence-electron chi connectivity index (χ3n) is 3.65. The molecule has 1 aromatic heterocycles. The van der Waals surface area contributed by atoms with Crippen molar-refractivity contribution in [3.8, 4) is 17.2 Å². The summed E-state index contributed by atoms with van der Waals surface area (Å²) in [6.45, 7) is -0.205. The van der Waals surface area contributed by atoms with Gasteiger partial charge in [0.1, 0.15) is 10.9 Å². The number of rotatable bonds is 6. The van der Waals surface area contributed by atoms with E-state index in [-0.39, 0.29) is 39.9 Å². The second kappa shape index (κ2) is 8.59. The molecule has 1 aliphatic heterocycles. The van der Waals surface area contributed by atoms with Crippen LogP contribution < -0.4 is 14.8 Å². The van der Waals surface area contributed by atoms with Crippen LogP contribution in [0.2, 0.25) is 0 Å². The zero-order valence-corrected chi connectivity index (χ0v) is 17.2. The van der Waals surface area contributed by atoms with Crippen LogP contribution in [0.3, 0.4) is 0 Å². The lowest BCUT2D eigenvalue weighted by Gasteiger charge is -2.13. The normalized spacial score (nSPS) is 15.2. The minimum Gasteiger partial charge on any atom is -0.502 e. The van der Waals surface area contributed by atoms with Crippen LogP contribution in [0.15, 0.2) is 28.6 Å². The number of nitrogens with one attached hydrogen (secondary N) is 1. The van der Waals surface area contributed by atoms with Crippen molar-refractivity contribution in [3.05, 3.63) is 34.2 Å². The SMILES string of the molecule is COc1cc(/C=C2\SC(=S)N(CC(=O)Nc3nccs3)C2=O)cc(OC)c1O. The summed E-state index contributed by atoms with van der Waals surface area (Å²) in [5, 5.41) is 14.8. The number of hydrogen-bond acceptors (Lipinski definition) is 9. The zero-order valence-electron chi connectivity index (χ0n) is 14.8. The zero-order chi connectivity index (χ0) is 20.3. The number of carbonyl (C=O) groups excluding carboxylic acids is 2. The summed E-state index contributed by atoms with van der Waals surface area (Å²) in [7, 11) is 2.83. The van der Waals surface area contributed by atoms with Crippen molar-refractivity contribution in [2.45, 2.75) is 0 Å². The first-order valence-corrected chi connectivity index (χ1v) is 9.93.